The second-order valence-electron chi connectivity index (χ2n) is 7.89. The lowest BCUT2D eigenvalue weighted by Crippen LogP contribution is -2.50. The van der Waals surface area contributed by atoms with Gasteiger partial charge in [0.05, 0.1) is 0 Å². The normalized spacial score (nSPS) is 25.0. The minimum atomic E-state index is -0.793. The van der Waals surface area contributed by atoms with Crippen LogP contribution in [0.15, 0.2) is 30.3 Å². The molecule has 2 fully saturated rings. The summed E-state index contributed by atoms with van der Waals surface area (Å²) in [5.41, 5.74) is 0.244. The summed E-state index contributed by atoms with van der Waals surface area (Å²) in [5.74, 6) is 0.149. The molecule has 1 aliphatic heterocycles. The number of carbonyl (C=O) groups excluding carboxylic acids is 3. The van der Waals surface area contributed by atoms with E-state index in [0.717, 1.165) is 29.7 Å². The third-order valence-electron chi connectivity index (χ3n) is 5.73. The fourth-order valence-electron chi connectivity index (χ4n) is 4.01. The van der Waals surface area contributed by atoms with E-state index in [1.54, 1.807) is 4.90 Å². The zero-order valence-electron chi connectivity index (χ0n) is 16.2. The van der Waals surface area contributed by atoms with Gasteiger partial charge in [-0.3, -0.25) is 14.5 Å². The molecule has 1 saturated carbocycles. The van der Waals surface area contributed by atoms with Crippen molar-refractivity contribution in [3.05, 3.63) is 35.9 Å². The third-order valence-corrected chi connectivity index (χ3v) is 5.73. The van der Waals surface area contributed by atoms with Gasteiger partial charge < -0.3 is 10.2 Å². The molecule has 0 atom stereocenters. The largest absolute Gasteiger partial charge is 0.337 e. The first-order valence-corrected chi connectivity index (χ1v) is 9.91. The number of hydrogen-bond donors (Lipinski definition) is 1. The lowest BCUT2D eigenvalue weighted by atomic mass is 9.77. The van der Waals surface area contributed by atoms with E-state index in [2.05, 4.69) is 12.2 Å². The van der Waals surface area contributed by atoms with E-state index in [0.29, 0.717) is 31.8 Å². The predicted octanol–water partition coefficient (Wildman–Crippen LogP) is 2.93. The van der Waals surface area contributed by atoms with Gasteiger partial charge in [-0.1, -0.05) is 44.2 Å². The Morgan fingerprint density at radius 1 is 1.22 bits per heavy atom. The molecule has 1 N–H and O–H groups in total. The van der Waals surface area contributed by atoms with Crippen LogP contribution in [0.4, 0.5) is 4.79 Å². The van der Waals surface area contributed by atoms with E-state index in [1.807, 2.05) is 37.3 Å². The molecule has 1 saturated heterocycles. The van der Waals surface area contributed by atoms with Gasteiger partial charge in [0.15, 0.2) is 0 Å². The Bertz CT molecular complexity index is 696. The summed E-state index contributed by atoms with van der Waals surface area (Å²) < 4.78 is 0. The molecule has 0 aromatic heterocycles. The first-order valence-electron chi connectivity index (χ1n) is 9.91. The van der Waals surface area contributed by atoms with E-state index < -0.39 is 11.6 Å². The Morgan fingerprint density at radius 3 is 2.52 bits per heavy atom. The standard InChI is InChI=1S/C21H29N3O3/c1-3-13-23(14-17-7-5-4-6-8-17)18(25)15-24-19(26)21(22-20(24)27)11-9-16(2)10-12-21/h4-8,16H,3,9-15H2,1-2H3,(H,22,27). The Balaban J connectivity index is 1.68. The van der Waals surface area contributed by atoms with Crippen molar-refractivity contribution in [2.24, 2.45) is 5.92 Å². The monoisotopic (exact) mass is 371 g/mol. The quantitative estimate of drug-likeness (QED) is 0.782. The van der Waals surface area contributed by atoms with Gasteiger partial charge >= 0.3 is 6.03 Å². The molecule has 4 amide bonds. The highest BCUT2D eigenvalue weighted by atomic mass is 16.2. The maximum Gasteiger partial charge on any atom is 0.325 e. The van der Waals surface area contributed by atoms with Crippen molar-refractivity contribution in [2.75, 3.05) is 13.1 Å². The van der Waals surface area contributed by atoms with Crippen LogP contribution in [0.1, 0.15) is 51.5 Å². The van der Waals surface area contributed by atoms with Crippen molar-refractivity contribution in [1.82, 2.24) is 15.1 Å². The number of carbonyl (C=O) groups is 3. The van der Waals surface area contributed by atoms with E-state index in [4.69, 9.17) is 0 Å². The second kappa shape index (κ2) is 8.11. The molecule has 0 unspecified atom stereocenters. The van der Waals surface area contributed by atoms with E-state index in [1.165, 1.54) is 0 Å². The average Bonchev–Trinajstić information content (AvgIpc) is 2.89. The molecular weight excluding hydrogens is 342 g/mol. The van der Waals surface area contributed by atoms with Crippen LogP contribution < -0.4 is 5.32 Å². The summed E-state index contributed by atoms with van der Waals surface area (Å²) >= 11 is 0. The smallest absolute Gasteiger partial charge is 0.325 e. The molecule has 6 nitrogen and oxygen atoms in total. The molecule has 0 bridgehead atoms. The maximum atomic E-state index is 12.9. The average molecular weight is 371 g/mol. The lowest BCUT2D eigenvalue weighted by molar-refractivity contribution is -0.140. The molecule has 1 heterocycles. The number of rotatable bonds is 6. The molecule has 3 rings (SSSR count). The van der Waals surface area contributed by atoms with Crippen LogP contribution in [0.2, 0.25) is 0 Å². The van der Waals surface area contributed by atoms with E-state index >= 15 is 0 Å². The number of urea groups is 1. The zero-order valence-corrected chi connectivity index (χ0v) is 16.2. The van der Waals surface area contributed by atoms with Crippen LogP contribution in [0.3, 0.4) is 0 Å². The minimum Gasteiger partial charge on any atom is -0.337 e. The van der Waals surface area contributed by atoms with E-state index in [-0.39, 0.29) is 18.4 Å². The van der Waals surface area contributed by atoms with Crippen molar-refractivity contribution in [3.63, 3.8) is 0 Å². The minimum absolute atomic E-state index is 0.186. The number of nitrogens with one attached hydrogen (secondary N) is 1. The summed E-state index contributed by atoms with van der Waals surface area (Å²) in [4.78, 5) is 41.1. The molecular formula is C21H29N3O3. The summed E-state index contributed by atoms with van der Waals surface area (Å²) in [6, 6.07) is 9.33. The Labute approximate surface area is 160 Å². The van der Waals surface area contributed by atoms with Gasteiger partial charge in [0.1, 0.15) is 12.1 Å². The number of benzene rings is 1. The fourth-order valence-corrected chi connectivity index (χ4v) is 4.01. The SMILES string of the molecule is CCCN(Cc1ccccc1)C(=O)CN1C(=O)NC2(CCC(C)CC2)C1=O. The zero-order chi connectivity index (χ0) is 19.4. The van der Waals surface area contributed by atoms with E-state index in [9.17, 15) is 14.4 Å². The van der Waals surface area contributed by atoms with Crippen LogP contribution in [0.25, 0.3) is 0 Å². The Kier molecular flexibility index (Phi) is 5.82. The molecule has 6 heteroatoms. The second-order valence-corrected chi connectivity index (χ2v) is 7.89. The summed E-state index contributed by atoms with van der Waals surface area (Å²) in [6.45, 7) is 5.08. The number of hydrogen-bond acceptors (Lipinski definition) is 3. The van der Waals surface area contributed by atoms with Gasteiger partial charge in [-0.15, -0.1) is 0 Å². The lowest BCUT2D eigenvalue weighted by Gasteiger charge is -2.33. The number of amides is 4. The highest BCUT2D eigenvalue weighted by Gasteiger charge is 2.52. The van der Waals surface area contributed by atoms with Gasteiger partial charge in [0, 0.05) is 13.1 Å². The van der Waals surface area contributed by atoms with Crippen molar-refractivity contribution >= 4 is 17.8 Å². The van der Waals surface area contributed by atoms with Crippen LogP contribution in [-0.4, -0.2) is 46.3 Å². The van der Waals surface area contributed by atoms with Crippen LogP contribution in [0.5, 0.6) is 0 Å². The molecule has 146 valence electrons. The molecule has 2 aliphatic rings. The molecule has 1 aliphatic carbocycles. The first-order chi connectivity index (χ1) is 12.9. The molecule has 27 heavy (non-hydrogen) atoms. The number of nitrogens with zero attached hydrogens (tertiary/aromatic N) is 2. The number of imide groups is 1. The van der Waals surface area contributed by atoms with Crippen LogP contribution >= 0.6 is 0 Å². The topological polar surface area (TPSA) is 69.7 Å². The van der Waals surface area contributed by atoms with Gasteiger partial charge in [0.25, 0.3) is 5.91 Å². The first kappa shape index (κ1) is 19.4. The third kappa shape index (κ3) is 4.15. The fraction of sp³-hybridized carbons (Fsp3) is 0.571. The summed E-state index contributed by atoms with van der Waals surface area (Å²) in [6.07, 6.45) is 3.98. The molecule has 0 radical (unpaired) electrons. The van der Waals surface area contributed by atoms with Crippen molar-refractivity contribution in [2.45, 2.75) is 58.0 Å². The van der Waals surface area contributed by atoms with Gasteiger partial charge in [-0.25, -0.2) is 4.79 Å². The molecule has 1 aromatic carbocycles. The van der Waals surface area contributed by atoms with Gasteiger partial charge in [-0.2, -0.15) is 0 Å². The Morgan fingerprint density at radius 2 is 1.89 bits per heavy atom. The summed E-state index contributed by atoms with van der Waals surface area (Å²) in [7, 11) is 0. The van der Waals surface area contributed by atoms with Crippen molar-refractivity contribution < 1.29 is 14.4 Å². The predicted molar refractivity (Wildman–Crippen MR) is 103 cm³/mol. The van der Waals surface area contributed by atoms with Crippen LogP contribution in [-0.2, 0) is 16.1 Å². The molecule has 1 aromatic rings. The van der Waals surface area contributed by atoms with Gasteiger partial charge in [0.2, 0.25) is 5.91 Å². The van der Waals surface area contributed by atoms with Gasteiger partial charge in [-0.05, 0) is 43.6 Å². The highest BCUT2D eigenvalue weighted by Crippen LogP contribution is 2.36. The van der Waals surface area contributed by atoms with Crippen LogP contribution in [0, 0.1) is 5.92 Å². The maximum absolute atomic E-state index is 12.9. The molecule has 1 spiro atoms. The highest BCUT2D eigenvalue weighted by molar-refractivity contribution is 6.09. The van der Waals surface area contributed by atoms with Crippen molar-refractivity contribution in [3.8, 4) is 0 Å². The summed E-state index contributed by atoms with van der Waals surface area (Å²) in [5, 5.41) is 2.88. The van der Waals surface area contributed by atoms with Crippen molar-refractivity contribution in [1.29, 1.82) is 0 Å². The Hall–Kier alpha value is -2.37.